The summed E-state index contributed by atoms with van der Waals surface area (Å²) in [6.45, 7) is 4.39. The van der Waals surface area contributed by atoms with E-state index in [1.54, 1.807) is 47.2 Å². The summed E-state index contributed by atoms with van der Waals surface area (Å²) in [5.41, 5.74) is 1.44. The van der Waals surface area contributed by atoms with Crippen LogP contribution in [0.4, 0.5) is 0 Å². The zero-order valence-electron chi connectivity index (χ0n) is 15.6. The van der Waals surface area contributed by atoms with E-state index < -0.39 is 5.97 Å². The summed E-state index contributed by atoms with van der Waals surface area (Å²) in [5.74, 6) is 0.821. The molecule has 0 spiro atoms. The van der Waals surface area contributed by atoms with E-state index in [4.69, 9.17) is 9.47 Å². The Balaban J connectivity index is 1.67. The van der Waals surface area contributed by atoms with Crippen molar-refractivity contribution in [1.29, 1.82) is 0 Å². The van der Waals surface area contributed by atoms with Gasteiger partial charge in [0, 0.05) is 17.7 Å². The van der Waals surface area contributed by atoms with Gasteiger partial charge in [-0.2, -0.15) is 0 Å². The number of aryl methyl sites for hydroxylation is 2. The maximum absolute atomic E-state index is 12.6. The number of thioether (sulfide) groups is 1. The van der Waals surface area contributed by atoms with Gasteiger partial charge in [0.15, 0.2) is 5.16 Å². The number of ether oxygens (including phenoxy) is 2. The van der Waals surface area contributed by atoms with Gasteiger partial charge in [-0.15, -0.1) is 11.3 Å². The number of hydrogen-bond donors (Lipinski definition) is 0. The second-order valence-corrected chi connectivity index (χ2v) is 8.20. The summed E-state index contributed by atoms with van der Waals surface area (Å²) in [5, 5.41) is 1.38. The van der Waals surface area contributed by atoms with Crippen molar-refractivity contribution in [3.63, 3.8) is 0 Å². The molecule has 0 bridgehead atoms. The van der Waals surface area contributed by atoms with Gasteiger partial charge in [-0.3, -0.25) is 9.36 Å². The van der Waals surface area contributed by atoms with Crippen molar-refractivity contribution in [3.05, 3.63) is 50.6 Å². The molecule has 0 atom stereocenters. The predicted molar refractivity (Wildman–Crippen MR) is 108 cm³/mol. The van der Waals surface area contributed by atoms with Crippen LogP contribution in [0.2, 0.25) is 0 Å². The molecule has 27 heavy (non-hydrogen) atoms. The average Bonchev–Trinajstić information content (AvgIpc) is 2.96. The highest BCUT2D eigenvalue weighted by molar-refractivity contribution is 7.99. The molecule has 8 heteroatoms. The molecule has 1 aromatic carbocycles. The minimum atomic E-state index is -0.399. The van der Waals surface area contributed by atoms with Gasteiger partial charge in [-0.1, -0.05) is 17.8 Å². The standard InChI is InChI=1S/C19H20N2O4S2/c1-11-12(2)27-16-15(11)17(22)21(3)19(20-16)26-9-8-25-14-7-5-6-13(10-14)18(23)24-4/h5-7,10H,8-9H2,1-4H3. The molecule has 0 saturated heterocycles. The van der Waals surface area contributed by atoms with Crippen molar-refractivity contribution in [2.75, 3.05) is 19.5 Å². The molecule has 142 valence electrons. The summed E-state index contributed by atoms with van der Waals surface area (Å²) in [4.78, 5) is 30.7. The lowest BCUT2D eigenvalue weighted by atomic mass is 10.2. The topological polar surface area (TPSA) is 70.4 Å². The van der Waals surface area contributed by atoms with E-state index in [0.29, 0.717) is 34.2 Å². The number of carbonyl (C=O) groups is 1. The number of fused-ring (bicyclic) bond motifs is 1. The lowest BCUT2D eigenvalue weighted by Crippen LogP contribution is -2.20. The Morgan fingerprint density at radius 2 is 2.11 bits per heavy atom. The van der Waals surface area contributed by atoms with E-state index >= 15 is 0 Å². The number of esters is 1. The Morgan fingerprint density at radius 3 is 2.85 bits per heavy atom. The summed E-state index contributed by atoms with van der Waals surface area (Å²) >= 11 is 3.01. The fraction of sp³-hybridized carbons (Fsp3) is 0.316. The van der Waals surface area contributed by atoms with Gasteiger partial charge in [-0.05, 0) is 37.6 Å². The zero-order chi connectivity index (χ0) is 19.6. The molecule has 2 heterocycles. The summed E-state index contributed by atoms with van der Waals surface area (Å²) in [7, 11) is 3.08. The predicted octanol–water partition coefficient (Wildman–Crippen LogP) is 3.57. The van der Waals surface area contributed by atoms with Crippen LogP contribution >= 0.6 is 23.1 Å². The van der Waals surface area contributed by atoms with E-state index in [1.165, 1.54) is 18.9 Å². The van der Waals surface area contributed by atoms with Gasteiger partial charge < -0.3 is 9.47 Å². The lowest BCUT2D eigenvalue weighted by Gasteiger charge is -2.09. The lowest BCUT2D eigenvalue weighted by molar-refractivity contribution is 0.0600. The third-order valence-electron chi connectivity index (χ3n) is 4.21. The molecule has 0 aliphatic rings. The molecular weight excluding hydrogens is 384 g/mol. The van der Waals surface area contributed by atoms with Gasteiger partial charge in [0.05, 0.1) is 24.7 Å². The van der Waals surface area contributed by atoms with Crippen molar-refractivity contribution in [2.24, 2.45) is 7.05 Å². The first kappa shape index (κ1) is 19.4. The van der Waals surface area contributed by atoms with Crippen LogP contribution in [-0.4, -0.2) is 35.0 Å². The van der Waals surface area contributed by atoms with Crippen LogP contribution in [0.1, 0.15) is 20.8 Å². The third-order valence-corrected chi connectivity index (χ3v) is 6.30. The van der Waals surface area contributed by atoms with Gasteiger partial charge in [0.2, 0.25) is 0 Å². The van der Waals surface area contributed by atoms with Crippen LogP contribution in [0.25, 0.3) is 10.2 Å². The molecule has 6 nitrogen and oxygen atoms in total. The van der Waals surface area contributed by atoms with E-state index in [-0.39, 0.29) is 5.56 Å². The molecule has 0 aliphatic heterocycles. The first-order chi connectivity index (χ1) is 12.9. The van der Waals surface area contributed by atoms with Crippen LogP contribution in [0.15, 0.2) is 34.2 Å². The Morgan fingerprint density at radius 1 is 1.33 bits per heavy atom. The number of hydrogen-bond acceptors (Lipinski definition) is 7. The first-order valence-electron chi connectivity index (χ1n) is 8.33. The first-order valence-corrected chi connectivity index (χ1v) is 10.1. The fourth-order valence-corrected chi connectivity index (χ4v) is 4.47. The largest absolute Gasteiger partial charge is 0.493 e. The number of aromatic nitrogens is 2. The fourth-order valence-electron chi connectivity index (χ4n) is 2.61. The van der Waals surface area contributed by atoms with Crippen LogP contribution in [0, 0.1) is 13.8 Å². The SMILES string of the molecule is COC(=O)c1cccc(OCCSc2nc3sc(C)c(C)c3c(=O)n2C)c1. The highest BCUT2D eigenvalue weighted by atomic mass is 32.2. The molecule has 0 radical (unpaired) electrons. The minimum Gasteiger partial charge on any atom is -0.493 e. The van der Waals surface area contributed by atoms with Crippen molar-refractivity contribution >= 4 is 39.3 Å². The van der Waals surface area contributed by atoms with Gasteiger partial charge in [0.25, 0.3) is 5.56 Å². The van der Waals surface area contributed by atoms with Gasteiger partial charge >= 0.3 is 5.97 Å². The maximum Gasteiger partial charge on any atom is 0.337 e. The normalized spacial score (nSPS) is 11.0. The smallest absolute Gasteiger partial charge is 0.337 e. The molecule has 0 unspecified atom stereocenters. The summed E-state index contributed by atoms with van der Waals surface area (Å²) in [6.07, 6.45) is 0. The molecule has 3 rings (SSSR count). The molecule has 3 aromatic rings. The third kappa shape index (κ3) is 4.01. The van der Waals surface area contributed by atoms with Crippen molar-refractivity contribution in [2.45, 2.75) is 19.0 Å². The number of rotatable bonds is 6. The van der Waals surface area contributed by atoms with Crippen molar-refractivity contribution < 1.29 is 14.3 Å². The number of nitrogens with zero attached hydrogens (tertiary/aromatic N) is 2. The number of carbonyl (C=O) groups excluding carboxylic acids is 1. The van der Waals surface area contributed by atoms with Crippen molar-refractivity contribution in [1.82, 2.24) is 9.55 Å². The quantitative estimate of drug-likeness (QED) is 0.271. The second kappa shape index (κ2) is 8.14. The highest BCUT2D eigenvalue weighted by Gasteiger charge is 2.14. The average molecular weight is 405 g/mol. The molecule has 2 aromatic heterocycles. The maximum atomic E-state index is 12.6. The molecular formula is C19H20N2O4S2. The van der Waals surface area contributed by atoms with E-state index in [1.807, 2.05) is 13.8 Å². The second-order valence-electron chi connectivity index (χ2n) is 5.94. The van der Waals surface area contributed by atoms with Crippen molar-refractivity contribution in [3.8, 4) is 5.75 Å². The zero-order valence-corrected chi connectivity index (χ0v) is 17.2. The van der Waals surface area contributed by atoms with Gasteiger partial charge in [0.1, 0.15) is 10.6 Å². The summed E-state index contributed by atoms with van der Waals surface area (Å²) in [6, 6.07) is 6.85. The summed E-state index contributed by atoms with van der Waals surface area (Å²) < 4.78 is 12.0. The molecule has 0 aliphatic carbocycles. The number of thiophene rings is 1. The van der Waals surface area contributed by atoms with E-state index in [9.17, 15) is 9.59 Å². The van der Waals surface area contributed by atoms with E-state index in [0.717, 1.165) is 15.3 Å². The molecule has 0 saturated carbocycles. The Hall–Kier alpha value is -2.32. The monoisotopic (exact) mass is 404 g/mol. The van der Waals surface area contributed by atoms with Crippen LogP contribution in [0.5, 0.6) is 5.75 Å². The van der Waals surface area contributed by atoms with Gasteiger partial charge in [-0.25, -0.2) is 9.78 Å². The minimum absolute atomic E-state index is 0.0175. The molecule has 0 amide bonds. The number of benzene rings is 1. The number of methoxy groups -OCH3 is 1. The molecule has 0 N–H and O–H groups in total. The Labute approximate surface area is 165 Å². The van der Waals surface area contributed by atoms with Crippen LogP contribution < -0.4 is 10.3 Å². The Bertz CT molecular complexity index is 1060. The van der Waals surface area contributed by atoms with Crippen LogP contribution in [-0.2, 0) is 11.8 Å². The highest BCUT2D eigenvalue weighted by Crippen LogP contribution is 2.28. The van der Waals surface area contributed by atoms with E-state index in [2.05, 4.69) is 4.98 Å². The molecule has 0 fully saturated rings. The Kier molecular flexibility index (Phi) is 5.86. The van der Waals surface area contributed by atoms with Crippen LogP contribution in [0.3, 0.4) is 0 Å².